The Morgan fingerprint density at radius 2 is 0.787 bits per heavy atom. The highest BCUT2D eigenvalue weighted by Gasteiger charge is 2.39. The molecular formula is C38H34O6S3. The van der Waals surface area contributed by atoms with Gasteiger partial charge in [0.15, 0.2) is 5.75 Å². The molecule has 0 fully saturated rings. The third kappa shape index (κ3) is 6.44. The molecule has 6 aromatic carbocycles. The molecule has 0 N–H and O–H groups in total. The number of benzene rings is 6. The van der Waals surface area contributed by atoms with Gasteiger partial charge < -0.3 is 4.18 Å². The number of hydrogen-bond donors (Lipinski definition) is 0. The predicted molar refractivity (Wildman–Crippen MR) is 187 cm³/mol. The van der Waals surface area contributed by atoms with Crippen LogP contribution in [0.4, 0.5) is 0 Å². The van der Waals surface area contributed by atoms with Gasteiger partial charge in [-0.05, 0) is 98.7 Å². The standard InChI is InChI=1S/C38H34O6S3/c1-27-9-17-31(18-10-27)45(32-19-11-28(2)12-20-32,33-21-13-29(3)14-22-33)44-47(41,42)38-26-25-37(35-7-5-6-8-36(35)38)43-46(39,40)34-23-15-30(4)16-24-34/h5-26H,1-4H3. The van der Waals surface area contributed by atoms with Crippen molar-refractivity contribution in [3.05, 3.63) is 156 Å². The molecule has 0 heterocycles. The first-order chi connectivity index (χ1) is 22.4. The minimum atomic E-state index is -4.50. The van der Waals surface area contributed by atoms with Gasteiger partial charge in [-0.2, -0.15) is 16.8 Å². The smallest absolute Gasteiger partial charge is 0.339 e. The first-order valence-electron chi connectivity index (χ1n) is 14.9. The zero-order valence-electron chi connectivity index (χ0n) is 26.4. The lowest BCUT2D eigenvalue weighted by Gasteiger charge is -2.39. The van der Waals surface area contributed by atoms with Crippen LogP contribution in [-0.4, -0.2) is 16.8 Å². The lowest BCUT2D eigenvalue weighted by molar-refractivity contribution is 0.488. The average molecular weight is 683 g/mol. The predicted octanol–water partition coefficient (Wildman–Crippen LogP) is 9.44. The molecule has 0 bridgehead atoms. The summed E-state index contributed by atoms with van der Waals surface area (Å²) in [6.45, 7) is 7.79. The zero-order valence-corrected chi connectivity index (χ0v) is 28.8. The highest BCUT2D eigenvalue weighted by Crippen LogP contribution is 2.70. The molecule has 240 valence electrons. The summed E-state index contributed by atoms with van der Waals surface area (Å²) < 4.78 is 68.0. The average Bonchev–Trinajstić information content (AvgIpc) is 3.05. The molecule has 47 heavy (non-hydrogen) atoms. The van der Waals surface area contributed by atoms with Crippen LogP contribution in [0.5, 0.6) is 5.75 Å². The number of hydrogen-bond acceptors (Lipinski definition) is 6. The molecule has 0 radical (unpaired) electrons. The Balaban J connectivity index is 1.53. The molecule has 0 unspecified atom stereocenters. The molecule has 0 aromatic heterocycles. The van der Waals surface area contributed by atoms with Gasteiger partial charge in [0.2, 0.25) is 0 Å². The Kier molecular flexibility index (Phi) is 8.76. The summed E-state index contributed by atoms with van der Waals surface area (Å²) in [5, 5.41) is 0.587. The molecule has 0 atom stereocenters. The largest absolute Gasteiger partial charge is 0.378 e. The molecule has 6 aromatic rings. The van der Waals surface area contributed by atoms with Crippen LogP contribution in [0, 0.1) is 27.7 Å². The molecule has 0 saturated heterocycles. The van der Waals surface area contributed by atoms with Crippen LogP contribution in [0.15, 0.2) is 158 Å². The van der Waals surface area contributed by atoms with Crippen molar-refractivity contribution < 1.29 is 24.6 Å². The van der Waals surface area contributed by atoms with Crippen LogP contribution in [0.3, 0.4) is 0 Å². The topological polar surface area (TPSA) is 86.7 Å². The van der Waals surface area contributed by atoms with Gasteiger partial charge in [0.25, 0.3) is 0 Å². The monoisotopic (exact) mass is 682 g/mol. The highest BCUT2D eigenvalue weighted by molar-refractivity contribution is 8.33. The molecule has 0 saturated carbocycles. The van der Waals surface area contributed by atoms with Gasteiger partial charge >= 0.3 is 20.2 Å². The molecule has 0 spiro atoms. The quantitative estimate of drug-likeness (QED) is 0.141. The lowest BCUT2D eigenvalue weighted by Crippen LogP contribution is -2.15. The van der Waals surface area contributed by atoms with Crippen molar-refractivity contribution in [1.82, 2.24) is 0 Å². The van der Waals surface area contributed by atoms with E-state index in [2.05, 4.69) is 0 Å². The van der Waals surface area contributed by atoms with Crippen LogP contribution < -0.4 is 4.18 Å². The fourth-order valence-electron chi connectivity index (χ4n) is 5.29. The number of rotatable bonds is 9. The number of aryl methyl sites for hydroxylation is 4. The van der Waals surface area contributed by atoms with Gasteiger partial charge in [0, 0.05) is 25.5 Å². The van der Waals surface area contributed by atoms with Crippen LogP contribution in [0.25, 0.3) is 10.8 Å². The van der Waals surface area contributed by atoms with E-state index in [1.807, 2.05) is 100 Å². The Hall–Kier alpha value is -4.41. The van der Waals surface area contributed by atoms with Gasteiger partial charge in [0.1, 0.15) is 9.79 Å². The van der Waals surface area contributed by atoms with Crippen molar-refractivity contribution >= 4 is 41.3 Å². The summed E-state index contributed by atoms with van der Waals surface area (Å²) in [7, 11) is -11.5. The van der Waals surface area contributed by atoms with Gasteiger partial charge in [-0.1, -0.05) is 95.1 Å². The summed E-state index contributed by atoms with van der Waals surface area (Å²) in [5.41, 5.74) is 3.99. The minimum absolute atomic E-state index is 0.00473. The zero-order chi connectivity index (χ0) is 33.4. The van der Waals surface area contributed by atoms with E-state index in [0.29, 0.717) is 20.1 Å². The van der Waals surface area contributed by atoms with Crippen molar-refractivity contribution in [3.8, 4) is 5.75 Å². The van der Waals surface area contributed by atoms with E-state index < -0.39 is 30.5 Å². The second kappa shape index (κ2) is 12.7. The van der Waals surface area contributed by atoms with Crippen LogP contribution in [-0.2, 0) is 23.9 Å². The summed E-state index contributed by atoms with van der Waals surface area (Å²) in [5.74, 6) is 0.00865. The first-order valence-corrected chi connectivity index (χ1v) is 19.3. The third-order valence-corrected chi connectivity index (χ3v) is 14.4. The molecule has 0 aliphatic heterocycles. The van der Waals surface area contributed by atoms with Crippen LogP contribution >= 0.6 is 10.3 Å². The summed E-state index contributed by atoms with van der Waals surface area (Å²) in [6, 6.07) is 38.9. The molecule has 6 rings (SSSR count). The van der Waals surface area contributed by atoms with E-state index in [0.717, 1.165) is 22.3 Å². The van der Waals surface area contributed by atoms with E-state index in [9.17, 15) is 16.8 Å². The second-order valence-electron chi connectivity index (χ2n) is 11.5. The van der Waals surface area contributed by atoms with Crippen molar-refractivity contribution in [2.75, 3.05) is 0 Å². The molecular weight excluding hydrogens is 649 g/mol. The Labute approximate surface area is 278 Å². The van der Waals surface area contributed by atoms with Gasteiger partial charge in [-0.3, -0.25) is 0 Å². The summed E-state index contributed by atoms with van der Waals surface area (Å²) in [4.78, 5) is 2.04. The molecule has 9 heteroatoms. The Bertz CT molecular complexity index is 2170. The summed E-state index contributed by atoms with van der Waals surface area (Å²) >= 11 is 0. The first kappa shape index (κ1) is 32.5. The van der Waals surface area contributed by atoms with E-state index in [1.54, 1.807) is 36.4 Å². The molecule has 6 nitrogen and oxygen atoms in total. The molecule has 0 aliphatic carbocycles. The Morgan fingerprint density at radius 3 is 1.21 bits per heavy atom. The van der Waals surface area contributed by atoms with Crippen molar-refractivity contribution in [3.63, 3.8) is 0 Å². The van der Waals surface area contributed by atoms with Gasteiger partial charge in [0.05, 0.1) is 0 Å². The van der Waals surface area contributed by atoms with E-state index in [-0.39, 0.29) is 20.9 Å². The van der Waals surface area contributed by atoms with E-state index in [1.165, 1.54) is 24.3 Å². The number of fused-ring (bicyclic) bond motifs is 1. The van der Waals surface area contributed by atoms with Gasteiger partial charge in [-0.25, -0.2) is 3.63 Å². The van der Waals surface area contributed by atoms with Crippen molar-refractivity contribution in [1.29, 1.82) is 0 Å². The molecule has 0 aliphatic rings. The summed E-state index contributed by atoms with van der Waals surface area (Å²) in [6.07, 6.45) is 0. The van der Waals surface area contributed by atoms with E-state index >= 15 is 0 Å². The highest BCUT2D eigenvalue weighted by atomic mass is 32.3. The SMILES string of the molecule is Cc1ccc(S(OS(=O)(=O)c2ccc(OS(=O)(=O)c3ccc(C)cc3)c3ccccc23)(c2ccc(C)cc2)c2ccc(C)cc2)cc1. The van der Waals surface area contributed by atoms with Crippen molar-refractivity contribution in [2.24, 2.45) is 0 Å². The second-order valence-corrected chi connectivity index (χ2v) is 17.4. The Morgan fingerprint density at radius 1 is 0.404 bits per heavy atom. The van der Waals surface area contributed by atoms with Crippen LogP contribution in [0.1, 0.15) is 22.3 Å². The fourth-order valence-corrected chi connectivity index (χ4v) is 11.6. The molecule has 0 amide bonds. The normalized spacial score (nSPS) is 12.6. The van der Waals surface area contributed by atoms with E-state index in [4.69, 9.17) is 7.81 Å². The maximum absolute atomic E-state index is 14.7. The minimum Gasteiger partial charge on any atom is -0.378 e. The fraction of sp³-hybridized carbons (Fsp3) is 0.105. The lowest BCUT2D eigenvalue weighted by atomic mass is 10.1. The maximum atomic E-state index is 14.7. The van der Waals surface area contributed by atoms with Crippen molar-refractivity contribution in [2.45, 2.75) is 52.2 Å². The van der Waals surface area contributed by atoms with Crippen LogP contribution in [0.2, 0.25) is 0 Å². The van der Waals surface area contributed by atoms with Gasteiger partial charge in [-0.15, -0.1) is 0 Å². The maximum Gasteiger partial charge on any atom is 0.339 e. The third-order valence-electron chi connectivity index (χ3n) is 7.87.